The molecule has 0 aliphatic heterocycles. The van der Waals surface area contributed by atoms with Crippen LogP contribution in [0, 0.1) is 6.92 Å². The Balaban J connectivity index is 2.05. The number of thiazole rings is 1. The average molecular weight is 302 g/mol. The highest BCUT2D eigenvalue weighted by atomic mass is 32.1. The number of ether oxygens (including phenoxy) is 1. The van der Waals surface area contributed by atoms with E-state index >= 15 is 0 Å². The number of benzene rings is 1. The van der Waals surface area contributed by atoms with Crippen molar-refractivity contribution in [2.45, 2.75) is 33.4 Å². The summed E-state index contributed by atoms with van der Waals surface area (Å²) in [7, 11) is 0. The first-order valence-corrected chi connectivity index (χ1v) is 7.75. The number of aromatic nitrogens is 3. The van der Waals surface area contributed by atoms with Crippen molar-refractivity contribution in [1.29, 1.82) is 0 Å². The zero-order valence-corrected chi connectivity index (χ0v) is 13.1. The third kappa shape index (κ3) is 2.71. The molecule has 3 rings (SSSR count). The van der Waals surface area contributed by atoms with Gasteiger partial charge >= 0.3 is 0 Å². The van der Waals surface area contributed by atoms with Crippen LogP contribution in [0.15, 0.2) is 23.6 Å². The SMILES string of the molecule is Cc1csc(Cn2c(N)nc3c(OC(C)C)cccc32)n1. The van der Waals surface area contributed by atoms with Gasteiger partial charge in [0.15, 0.2) is 0 Å². The second-order valence-electron chi connectivity index (χ2n) is 5.23. The quantitative estimate of drug-likeness (QED) is 0.803. The number of anilines is 1. The Labute approximate surface area is 127 Å². The third-order valence-electron chi connectivity index (χ3n) is 3.09. The fourth-order valence-corrected chi connectivity index (χ4v) is 3.02. The van der Waals surface area contributed by atoms with Gasteiger partial charge in [0.25, 0.3) is 0 Å². The van der Waals surface area contributed by atoms with Crippen molar-refractivity contribution < 1.29 is 4.74 Å². The van der Waals surface area contributed by atoms with Crippen molar-refractivity contribution in [3.8, 4) is 5.75 Å². The van der Waals surface area contributed by atoms with E-state index in [0.717, 1.165) is 27.5 Å². The minimum Gasteiger partial charge on any atom is -0.489 e. The maximum atomic E-state index is 6.08. The van der Waals surface area contributed by atoms with E-state index in [0.29, 0.717) is 12.5 Å². The van der Waals surface area contributed by atoms with E-state index < -0.39 is 0 Å². The van der Waals surface area contributed by atoms with Gasteiger partial charge in [-0.1, -0.05) is 6.07 Å². The molecule has 2 N–H and O–H groups in total. The second kappa shape index (κ2) is 5.37. The molecule has 21 heavy (non-hydrogen) atoms. The van der Waals surface area contributed by atoms with E-state index in [1.807, 2.05) is 48.9 Å². The van der Waals surface area contributed by atoms with E-state index in [2.05, 4.69) is 9.97 Å². The van der Waals surface area contributed by atoms with Gasteiger partial charge in [0, 0.05) is 11.1 Å². The number of rotatable bonds is 4. The molecule has 0 unspecified atom stereocenters. The lowest BCUT2D eigenvalue weighted by molar-refractivity contribution is 0.245. The molecule has 110 valence electrons. The van der Waals surface area contributed by atoms with Crippen LogP contribution < -0.4 is 10.5 Å². The molecule has 0 fully saturated rings. The summed E-state index contributed by atoms with van der Waals surface area (Å²) in [5.41, 5.74) is 8.88. The fourth-order valence-electron chi connectivity index (χ4n) is 2.27. The number of aryl methyl sites for hydroxylation is 1. The molecule has 1 aromatic carbocycles. The highest BCUT2D eigenvalue weighted by Crippen LogP contribution is 2.28. The van der Waals surface area contributed by atoms with Crippen molar-refractivity contribution in [3.63, 3.8) is 0 Å². The topological polar surface area (TPSA) is 66.0 Å². The molecular formula is C15H18N4OS. The number of imidazole rings is 1. The van der Waals surface area contributed by atoms with Gasteiger partial charge < -0.3 is 15.0 Å². The summed E-state index contributed by atoms with van der Waals surface area (Å²) in [6.07, 6.45) is 0.101. The first-order valence-electron chi connectivity index (χ1n) is 6.87. The van der Waals surface area contributed by atoms with Crippen LogP contribution in [0.4, 0.5) is 5.95 Å². The largest absolute Gasteiger partial charge is 0.489 e. The Hall–Kier alpha value is -2.08. The van der Waals surface area contributed by atoms with Crippen LogP contribution in [0.3, 0.4) is 0 Å². The maximum Gasteiger partial charge on any atom is 0.201 e. The molecule has 6 heteroatoms. The van der Waals surface area contributed by atoms with Crippen LogP contribution in [0.25, 0.3) is 11.0 Å². The second-order valence-corrected chi connectivity index (χ2v) is 6.17. The Bertz CT molecular complexity index is 775. The number of hydrogen-bond donors (Lipinski definition) is 1. The molecule has 0 saturated carbocycles. The zero-order valence-electron chi connectivity index (χ0n) is 12.3. The lowest BCUT2D eigenvalue weighted by atomic mass is 10.3. The highest BCUT2D eigenvalue weighted by molar-refractivity contribution is 7.09. The molecule has 0 amide bonds. The molecular weight excluding hydrogens is 284 g/mol. The number of para-hydroxylation sites is 1. The molecule has 0 radical (unpaired) electrons. The van der Waals surface area contributed by atoms with Gasteiger partial charge in [0.2, 0.25) is 5.95 Å². The number of hydrogen-bond acceptors (Lipinski definition) is 5. The van der Waals surface area contributed by atoms with Crippen molar-refractivity contribution in [3.05, 3.63) is 34.3 Å². The third-order valence-corrected chi connectivity index (χ3v) is 4.05. The first-order chi connectivity index (χ1) is 10.0. The Morgan fingerprint density at radius 1 is 1.33 bits per heavy atom. The first kappa shape index (κ1) is 13.9. The molecule has 3 aromatic rings. The zero-order chi connectivity index (χ0) is 15.0. The van der Waals surface area contributed by atoms with Gasteiger partial charge in [-0.05, 0) is 32.9 Å². The number of nitrogens with two attached hydrogens (primary N) is 1. The van der Waals surface area contributed by atoms with Crippen LogP contribution in [0.2, 0.25) is 0 Å². The molecule has 0 spiro atoms. The molecule has 0 aliphatic rings. The van der Waals surface area contributed by atoms with Crippen LogP contribution in [0.5, 0.6) is 5.75 Å². The monoisotopic (exact) mass is 302 g/mol. The van der Waals surface area contributed by atoms with Crippen molar-refractivity contribution in [2.24, 2.45) is 0 Å². The molecule has 2 heterocycles. The summed E-state index contributed by atoms with van der Waals surface area (Å²) < 4.78 is 7.78. The fraction of sp³-hybridized carbons (Fsp3) is 0.333. The molecule has 0 saturated heterocycles. The van der Waals surface area contributed by atoms with Crippen LogP contribution in [0.1, 0.15) is 24.5 Å². The molecule has 5 nitrogen and oxygen atoms in total. The predicted molar refractivity (Wildman–Crippen MR) is 85.9 cm³/mol. The average Bonchev–Trinajstić information content (AvgIpc) is 2.96. The van der Waals surface area contributed by atoms with Gasteiger partial charge in [-0.25, -0.2) is 9.97 Å². The van der Waals surface area contributed by atoms with Crippen molar-refractivity contribution in [2.75, 3.05) is 5.73 Å². The van der Waals surface area contributed by atoms with Crippen LogP contribution in [-0.2, 0) is 6.54 Å². The van der Waals surface area contributed by atoms with Gasteiger partial charge in [-0.3, -0.25) is 0 Å². The van der Waals surface area contributed by atoms with Crippen molar-refractivity contribution in [1.82, 2.24) is 14.5 Å². The van der Waals surface area contributed by atoms with Crippen LogP contribution >= 0.6 is 11.3 Å². The summed E-state index contributed by atoms with van der Waals surface area (Å²) in [5, 5.41) is 3.06. The van der Waals surface area contributed by atoms with Crippen LogP contribution in [-0.4, -0.2) is 20.6 Å². The maximum absolute atomic E-state index is 6.08. The Morgan fingerprint density at radius 2 is 2.14 bits per heavy atom. The smallest absolute Gasteiger partial charge is 0.201 e. The number of nitrogen functional groups attached to an aromatic ring is 1. The standard InChI is InChI=1S/C15H18N4OS/c1-9(2)20-12-6-4-5-11-14(12)18-15(16)19(11)7-13-17-10(3)8-21-13/h4-6,8-9H,7H2,1-3H3,(H2,16,18). The predicted octanol–water partition coefficient (Wildman–Crippen LogP) is 3.22. The molecule has 2 aromatic heterocycles. The number of fused-ring (bicyclic) bond motifs is 1. The summed E-state index contributed by atoms with van der Waals surface area (Å²) in [6, 6.07) is 5.89. The van der Waals surface area contributed by atoms with Crippen molar-refractivity contribution >= 4 is 28.3 Å². The van der Waals surface area contributed by atoms with Gasteiger partial charge in [0.1, 0.15) is 16.3 Å². The summed E-state index contributed by atoms with van der Waals surface area (Å²) in [6.45, 7) is 6.62. The lowest BCUT2D eigenvalue weighted by Gasteiger charge is -2.10. The summed E-state index contributed by atoms with van der Waals surface area (Å²) >= 11 is 1.63. The summed E-state index contributed by atoms with van der Waals surface area (Å²) in [4.78, 5) is 8.95. The van der Waals surface area contributed by atoms with E-state index in [9.17, 15) is 0 Å². The Kier molecular flexibility index (Phi) is 3.55. The minimum atomic E-state index is 0.101. The highest BCUT2D eigenvalue weighted by Gasteiger charge is 2.14. The van der Waals surface area contributed by atoms with Gasteiger partial charge in [0.05, 0.1) is 18.2 Å². The van der Waals surface area contributed by atoms with Gasteiger partial charge in [-0.15, -0.1) is 11.3 Å². The molecule has 0 atom stereocenters. The molecule has 0 aliphatic carbocycles. The van der Waals surface area contributed by atoms with E-state index in [4.69, 9.17) is 10.5 Å². The van der Waals surface area contributed by atoms with E-state index in [1.165, 1.54) is 0 Å². The number of nitrogens with zero attached hydrogens (tertiary/aromatic N) is 3. The lowest BCUT2D eigenvalue weighted by Crippen LogP contribution is -2.06. The minimum absolute atomic E-state index is 0.101. The molecule has 0 bridgehead atoms. The van der Waals surface area contributed by atoms with Gasteiger partial charge in [-0.2, -0.15) is 0 Å². The van der Waals surface area contributed by atoms with E-state index in [-0.39, 0.29) is 6.10 Å². The van der Waals surface area contributed by atoms with E-state index in [1.54, 1.807) is 11.3 Å². The normalized spacial score (nSPS) is 11.4. The Morgan fingerprint density at radius 3 is 2.81 bits per heavy atom. The summed E-state index contributed by atoms with van der Waals surface area (Å²) in [5.74, 6) is 1.25.